The van der Waals surface area contributed by atoms with E-state index in [1.807, 2.05) is 56.3 Å². The number of ether oxygens (including phenoxy) is 1. The van der Waals surface area contributed by atoms with Crippen molar-refractivity contribution < 1.29 is 17.9 Å². The minimum absolute atomic E-state index is 0.00511. The van der Waals surface area contributed by atoms with E-state index in [9.17, 15) is 18.0 Å². The van der Waals surface area contributed by atoms with E-state index in [1.54, 1.807) is 24.3 Å². The van der Waals surface area contributed by atoms with Gasteiger partial charge >= 0.3 is 6.18 Å². The van der Waals surface area contributed by atoms with Crippen LogP contribution >= 0.6 is 0 Å². The molecule has 0 radical (unpaired) electrons. The van der Waals surface area contributed by atoms with Crippen LogP contribution in [0, 0.1) is 20.4 Å². The summed E-state index contributed by atoms with van der Waals surface area (Å²) in [5.74, 6) is 1.13. The van der Waals surface area contributed by atoms with Crippen molar-refractivity contribution in [3.05, 3.63) is 122 Å². The van der Waals surface area contributed by atoms with Crippen molar-refractivity contribution in [3.63, 3.8) is 0 Å². The number of alkyl halides is 3. The van der Waals surface area contributed by atoms with Crippen molar-refractivity contribution in [1.29, 1.82) is 0 Å². The Morgan fingerprint density at radius 2 is 1.46 bits per heavy atom. The number of hydrogen-bond donors (Lipinski definition) is 0. The zero-order chi connectivity index (χ0) is 28.5. The van der Waals surface area contributed by atoms with Crippen LogP contribution in [0.25, 0.3) is 16.1 Å². The normalized spacial score (nSPS) is 11.8. The molecular formula is C32H29F3N2O2. The van der Waals surface area contributed by atoms with E-state index in [0.717, 1.165) is 28.3 Å². The molecule has 0 aliphatic carbocycles. The Bertz CT molecular complexity index is 1600. The molecule has 3 aromatic carbocycles. The summed E-state index contributed by atoms with van der Waals surface area (Å²) in [6.07, 6.45) is -4.85. The summed E-state index contributed by atoms with van der Waals surface area (Å²) in [5.41, 5.74) is 1.19. The Balaban J connectivity index is 1.76. The lowest BCUT2D eigenvalue weighted by Gasteiger charge is -2.19. The van der Waals surface area contributed by atoms with Crippen LogP contribution in [0.4, 0.5) is 18.9 Å². The van der Waals surface area contributed by atoms with Gasteiger partial charge in [0.2, 0.25) is 0 Å². The number of aromatic nitrogens is 1. The van der Waals surface area contributed by atoms with Crippen molar-refractivity contribution in [3.8, 4) is 22.8 Å². The first-order valence-corrected chi connectivity index (χ1v) is 12.5. The Hall–Kier alpha value is -4.31. The molecule has 0 amide bonds. The van der Waals surface area contributed by atoms with Gasteiger partial charge in [-0.1, -0.05) is 56.7 Å². The van der Waals surface area contributed by atoms with E-state index < -0.39 is 23.0 Å². The molecule has 0 spiro atoms. The summed E-state index contributed by atoms with van der Waals surface area (Å²) in [6.45, 7) is 17.5. The first-order valence-electron chi connectivity index (χ1n) is 12.5. The summed E-state index contributed by atoms with van der Waals surface area (Å²) in [7, 11) is 0. The van der Waals surface area contributed by atoms with Gasteiger partial charge in [0.05, 0.1) is 18.7 Å². The van der Waals surface area contributed by atoms with Crippen LogP contribution < -0.4 is 10.3 Å². The molecule has 0 atom stereocenters. The van der Waals surface area contributed by atoms with E-state index >= 15 is 0 Å². The van der Waals surface area contributed by atoms with Crippen LogP contribution in [0.2, 0.25) is 0 Å². The van der Waals surface area contributed by atoms with Gasteiger partial charge in [-0.15, -0.1) is 0 Å². The van der Waals surface area contributed by atoms with Gasteiger partial charge in [0.1, 0.15) is 11.5 Å². The number of rotatable bonds is 5. The highest BCUT2D eigenvalue weighted by molar-refractivity contribution is 5.67. The van der Waals surface area contributed by atoms with Gasteiger partial charge in [-0.05, 0) is 84.0 Å². The fraction of sp³-hybridized carbons (Fsp3) is 0.250. The molecule has 1 heterocycles. The molecule has 1 aromatic heterocycles. The predicted molar refractivity (Wildman–Crippen MR) is 148 cm³/mol. The smallest absolute Gasteiger partial charge is 0.407 e. The minimum Gasteiger partial charge on any atom is -0.457 e. The molecule has 0 N–H and O–H groups in total. The molecule has 0 fully saturated rings. The molecule has 4 nitrogen and oxygen atoms in total. The second-order valence-electron chi connectivity index (χ2n) is 10.6. The highest BCUT2D eigenvalue weighted by Crippen LogP contribution is 2.38. The molecule has 0 aliphatic rings. The lowest BCUT2D eigenvalue weighted by molar-refractivity contribution is -0.136. The van der Waals surface area contributed by atoms with Gasteiger partial charge < -0.3 is 9.30 Å². The largest absolute Gasteiger partial charge is 0.457 e. The zero-order valence-corrected chi connectivity index (χ0v) is 22.5. The van der Waals surface area contributed by atoms with Crippen molar-refractivity contribution >= 4 is 5.69 Å². The number of hydrogen-bond acceptors (Lipinski definition) is 2. The van der Waals surface area contributed by atoms with E-state index in [0.29, 0.717) is 17.1 Å². The lowest BCUT2D eigenvalue weighted by Crippen LogP contribution is -2.25. The van der Waals surface area contributed by atoms with Crippen molar-refractivity contribution in [2.45, 2.75) is 52.8 Å². The average molecular weight is 531 g/mol. The third-order valence-corrected chi connectivity index (χ3v) is 6.62. The minimum atomic E-state index is -4.85. The van der Waals surface area contributed by atoms with Gasteiger partial charge in [-0.25, -0.2) is 4.85 Å². The van der Waals surface area contributed by atoms with Gasteiger partial charge in [-0.2, -0.15) is 13.2 Å². The molecule has 200 valence electrons. The van der Waals surface area contributed by atoms with Gasteiger partial charge in [-0.3, -0.25) is 4.79 Å². The van der Waals surface area contributed by atoms with Gasteiger partial charge in [0.25, 0.3) is 11.2 Å². The predicted octanol–water partition coefficient (Wildman–Crippen LogP) is 8.84. The molecule has 0 aliphatic heterocycles. The maximum Gasteiger partial charge on any atom is 0.407 e. The topological polar surface area (TPSA) is 35.6 Å². The standard InChI is InChI=1S/C32H29F3N2O2/c1-20-7-8-23(21(2)17-20)19-37-28(18-27(32(33,34)35)29(36-6)30(37)38)22-9-13-25(14-10-22)39-26-15-11-24(12-16-26)31(3,4)5/h7-18H,19H2,1-5H3. The number of nitrogens with zero attached hydrogens (tertiary/aromatic N) is 2. The van der Waals surface area contributed by atoms with E-state index in [4.69, 9.17) is 11.3 Å². The first-order chi connectivity index (χ1) is 18.3. The lowest BCUT2D eigenvalue weighted by atomic mass is 9.87. The molecular weight excluding hydrogens is 501 g/mol. The van der Waals surface area contributed by atoms with Crippen LogP contribution in [0.1, 0.15) is 48.6 Å². The molecule has 7 heteroatoms. The van der Waals surface area contributed by atoms with Crippen LogP contribution in [-0.4, -0.2) is 4.57 Å². The molecule has 39 heavy (non-hydrogen) atoms. The fourth-order valence-corrected chi connectivity index (χ4v) is 4.40. The average Bonchev–Trinajstić information content (AvgIpc) is 2.86. The third-order valence-electron chi connectivity index (χ3n) is 6.62. The highest BCUT2D eigenvalue weighted by atomic mass is 19.4. The monoisotopic (exact) mass is 530 g/mol. The second kappa shape index (κ2) is 10.5. The maximum atomic E-state index is 13.9. The highest BCUT2D eigenvalue weighted by Gasteiger charge is 2.36. The van der Waals surface area contributed by atoms with E-state index in [2.05, 4.69) is 25.6 Å². The Morgan fingerprint density at radius 3 is 1.97 bits per heavy atom. The summed E-state index contributed by atoms with van der Waals surface area (Å²) >= 11 is 0. The van der Waals surface area contributed by atoms with E-state index in [-0.39, 0.29) is 17.7 Å². The first kappa shape index (κ1) is 27.7. The van der Waals surface area contributed by atoms with Gasteiger partial charge in [0, 0.05) is 5.69 Å². The molecule has 4 rings (SSSR count). The second-order valence-corrected chi connectivity index (χ2v) is 10.6. The molecule has 0 saturated carbocycles. The van der Waals surface area contributed by atoms with Gasteiger partial charge in [0.15, 0.2) is 0 Å². The van der Waals surface area contributed by atoms with Crippen molar-refractivity contribution in [1.82, 2.24) is 4.57 Å². The quantitative estimate of drug-likeness (QED) is 0.242. The Labute approximate surface area is 226 Å². The third kappa shape index (κ3) is 6.06. The molecule has 0 bridgehead atoms. The SMILES string of the molecule is [C-]#[N+]c1c(C(F)(F)F)cc(-c2ccc(Oc3ccc(C(C)(C)C)cc3)cc2)n(Cc2ccc(C)cc2C)c1=O. The number of benzene rings is 3. The van der Waals surface area contributed by atoms with Crippen molar-refractivity contribution in [2.75, 3.05) is 0 Å². The van der Waals surface area contributed by atoms with Crippen LogP contribution in [0.15, 0.2) is 77.6 Å². The van der Waals surface area contributed by atoms with Crippen LogP contribution in [0.5, 0.6) is 11.5 Å². The van der Waals surface area contributed by atoms with E-state index in [1.165, 1.54) is 4.57 Å². The Kier molecular flexibility index (Phi) is 7.43. The number of pyridine rings is 1. The maximum absolute atomic E-state index is 13.9. The zero-order valence-electron chi connectivity index (χ0n) is 22.5. The number of aryl methyl sites for hydroxylation is 2. The van der Waals surface area contributed by atoms with Crippen molar-refractivity contribution in [2.24, 2.45) is 0 Å². The Morgan fingerprint density at radius 1 is 0.872 bits per heavy atom. The summed E-state index contributed by atoms with van der Waals surface area (Å²) < 4.78 is 48.8. The molecule has 4 aromatic rings. The number of halogens is 3. The molecule has 0 saturated heterocycles. The molecule has 0 unspecified atom stereocenters. The summed E-state index contributed by atoms with van der Waals surface area (Å²) in [5, 5.41) is 0. The van der Waals surface area contributed by atoms with Crippen LogP contribution in [0.3, 0.4) is 0 Å². The summed E-state index contributed by atoms with van der Waals surface area (Å²) in [6, 6.07) is 20.8. The van der Waals surface area contributed by atoms with Crippen LogP contribution in [-0.2, 0) is 18.1 Å². The fourth-order valence-electron chi connectivity index (χ4n) is 4.40. The summed E-state index contributed by atoms with van der Waals surface area (Å²) in [4.78, 5) is 16.2.